The van der Waals surface area contributed by atoms with Crippen LogP contribution in [0.5, 0.6) is 0 Å². The van der Waals surface area contributed by atoms with E-state index in [2.05, 4.69) is 31.1 Å². The van der Waals surface area contributed by atoms with Crippen molar-refractivity contribution in [3.63, 3.8) is 0 Å². The Morgan fingerprint density at radius 1 is 1.32 bits per heavy atom. The molecule has 4 N–H and O–H groups in total. The molecule has 0 fully saturated rings. The van der Waals surface area contributed by atoms with Crippen molar-refractivity contribution in [3.8, 4) is 0 Å². The Labute approximate surface area is 147 Å². The molecule has 1 aromatic heterocycles. The summed E-state index contributed by atoms with van der Waals surface area (Å²) in [6.45, 7) is 7.06. The van der Waals surface area contributed by atoms with Gasteiger partial charge in [0.05, 0.1) is 12.2 Å². The summed E-state index contributed by atoms with van der Waals surface area (Å²) in [5.41, 5.74) is 0.476. The van der Waals surface area contributed by atoms with Crippen molar-refractivity contribution in [2.45, 2.75) is 32.9 Å². The van der Waals surface area contributed by atoms with E-state index in [1.54, 1.807) is 13.2 Å². The lowest BCUT2D eigenvalue weighted by atomic mass is 10.2. The Balaban J connectivity index is 0.00000441. The van der Waals surface area contributed by atoms with Crippen LogP contribution in [0.2, 0.25) is 0 Å². The molecule has 1 aromatic rings. The van der Waals surface area contributed by atoms with Gasteiger partial charge in [-0.1, -0.05) is 0 Å². The van der Waals surface area contributed by atoms with Gasteiger partial charge >= 0.3 is 6.09 Å². The van der Waals surface area contributed by atoms with Crippen LogP contribution >= 0.6 is 24.0 Å². The SMILES string of the molecule is CN=C(NCCNC(=O)OC(C)(C)C)NCc1ccn[nH]1.I. The third-order valence-electron chi connectivity index (χ3n) is 2.31. The number of amides is 1. The van der Waals surface area contributed by atoms with Crippen LogP contribution in [0.3, 0.4) is 0 Å². The number of aromatic nitrogens is 2. The molecule has 9 heteroatoms. The number of carbonyl (C=O) groups excluding carboxylic acids is 1. The van der Waals surface area contributed by atoms with Gasteiger partial charge < -0.3 is 20.7 Å². The van der Waals surface area contributed by atoms with E-state index in [9.17, 15) is 4.79 Å². The number of hydrogen-bond acceptors (Lipinski definition) is 4. The van der Waals surface area contributed by atoms with Crippen LogP contribution in [0, 0.1) is 0 Å². The van der Waals surface area contributed by atoms with Crippen molar-refractivity contribution >= 4 is 36.0 Å². The lowest BCUT2D eigenvalue weighted by molar-refractivity contribution is 0.0529. The fourth-order valence-electron chi connectivity index (χ4n) is 1.44. The first-order chi connectivity index (χ1) is 9.90. The Bertz CT molecular complexity index is 456. The summed E-state index contributed by atoms with van der Waals surface area (Å²) in [5, 5.41) is 15.6. The topological polar surface area (TPSA) is 103 Å². The molecule has 8 nitrogen and oxygen atoms in total. The van der Waals surface area contributed by atoms with Crippen LogP contribution in [-0.4, -0.2) is 48.0 Å². The molecule has 126 valence electrons. The number of hydrogen-bond donors (Lipinski definition) is 4. The molecule has 1 amide bonds. The molecule has 0 spiro atoms. The number of guanidine groups is 1. The van der Waals surface area contributed by atoms with Gasteiger partial charge in [-0.15, -0.1) is 24.0 Å². The fourth-order valence-corrected chi connectivity index (χ4v) is 1.44. The van der Waals surface area contributed by atoms with Crippen molar-refractivity contribution < 1.29 is 9.53 Å². The smallest absolute Gasteiger partial charge is 0.407 e. The highest BCUT2D eigenvalue weighted by Crippen LogP contribution is 2.05. The highest BCUT2D eigenvalue weighted by atomic mass is 127. The summed E-state index contributed by atoms with van der Waals surface area (Å²) in [6, 6.07) is 1.88. The van der Waals surface area contributed by atoms with Gasteiger partial charge in [-0.3, -0.25) is 10.1 Å². The molecule has 0 bridgehead atoms. The number of carbonyl (C=O) groups is 1. The lowest BCUT2D eigenvalue weighted by Crippen LogP contribution is -2.42. The minimum absolute atomic E-state index is 0. The molecule has 0 unspecified atom stereocenters. The summed E-state index contributed by atoms with van der Waals surface area (Å²) in [4.78, 5) is 15.5. The average Bonchev–Trinajstić information content (AvgIpc) is 2.89. The molecule has 0 aromatic carbocycles. The zero-order valence-corrected chi connectivity index (χ0v) is 15.7. The van der Waals surface area contributed by atoms with E-state index < -0.39 is 11.7 Å². The van der Waals surface area contributed by atoms with Crippen LogP contribution < -0.4 is 16.0 Å². The number of nitrogens with zero attached hydrogens (tertiary/aromatic N) is 2. The average molecular weight is 424 g/mol. The summed E-state index contributed by atoms with van der Waals surface area (Å²) < 4.78 is 5.13. The first-order valence-electron chi connectivity index (χ1n) is 6.80. The van der Waals surface area contributed by atoms with E-state index in [1.165, 1.54) is 0 Å². The van der Waals surface area contributed by atoms with E-state index in [-0.39, 0.29) is 24.0 Å². The zero-order chi connectivity index (χ0) is 15.7. The predicted octanol–water partition coefficient (Wildman–Crippen LogP) is 1.22. The van der Waals surface area contributed by atoms with E-state index in [0.29, 0.717) is 25.6 Å². The van der Waals surface area contributed by atoms with Crippen LogP contribution in [0.15, 0.2) is 17.3 Å². The fraction of sp³-hybridized carbons (Fsp3) is 0.615. The Morgan fingerprint density at radius 3 is 2.55 bits per heavy atom. The number of nitrogens with one attached hydrogen (secondary N) is 4. The van der Waals surface area contributed by atoms with E-state index in [4.69, 9.17) is 4.74 Å². The molecule has 1 heterocycles. The van der Waals surface area contributed by atoms with Gasteiger partial charge in [-0.25, -0.2) is 4.79 Å². The van der Waals surface area contributed by atoms with Gasteiger partial charge in [0.15, 0.2) is 5.96 Å². The normalized spacial score (nSPS) is 11.4. The highest BCUT2D eigenvalue weighted by molar-refractivity contribution is 14.0. The summed E-state index contributed by atoms with van der Waals surface area (Å²) in [5.74, 6) is 0.649. The third kappa shape index (κ3) is 9.42. The number of aliphatic imine (C=N–C) groups is 1. The predicted molar refractivity (Wildman–Crippen MR) is 96.4 cm³/mol. The zero-order valence-electron chi connectivity index (χ0n) is 13.4. The maximum atomic E-state index is 11.4. The number of H-pyrrole nitrogens is 1. The molecule has 0 atom stereocenters. The molecule has 0 radical (unpaired) electrons. The quantitative estimate of drug-likeness (QED) is 0.246. The summed E-state index contributed by atoms with van der Waals surface area (Å²) in [7, 11) is 1.68. The van der Waals surface area contributed by atoms with Crippen molar-refractivity contribution in [1.29, 1.82) is 0 Å². The largest absolute Gasteiger partial charge is 0.444 e. The van der Waals surface area contributed by atoms with Crippen molar-refractivity contribution in [1.82, 2.24) is 26.1 Å². The van der Waals surface area contributed by atoms with Crippen LogP contribution in [0.1, 0.15) is 26.5 Å². The van der Waals surface area contributed by atoms with Crippen LogP contribution in [0.25, 0.3) is 0 Å². The maximum absolute atomic E-state index is 11.4. The maximum Gasteiger partial charge on any atom is 0.407 e. The van der Waals surface area contributed by atoms with Crippen molar-refractivity contribution in [2.75, 3.05) is 20.1 Å². The second-order valence-corrected chi connectivity index (χ2v) is 5.36. The van der Waals surface area contributed by atoms with Gasteiger partial charge in [-0.05, 0) is 26.8 Å². The standard InChI is InChI=1S/C13H24N6O2.HI/c1-13(2,3)21-12(20)16-8-7-15-11(14-4)17-9-10-5-6-18-19-10;/h5-6H,7-9H2,1-4H3,(H,16,20)(H,18,19)(H2,14,15,17);1H. The number of halogens is 1. The molecule has 1 rings (SSSR count). The second-order valence-electron chi connectivity index (χ2n) is 5.36. The summed E-state index contributed by atoms with van der Waals surface area (Å²) in [6.07, 6.45) is 1.27. The molecule has 0 aliphatic carbocycles. The molecule has 0 saturated heterocycles. The molecule has 0 aliphatic heterocycles. The first kappa shape index (κ1) is 20.5. The van der Waals surface area contributed by atoms with Crippen molar-refractivity contribution in [3.05, 3.63) is 18.0 Å². The lowest BCUT2D eigenvalue weighted by Gasteiger charge is -2.19. The highest BCUT2D eigenvalue weighted by Gasteiger charge is 2.15. The number of alkyl carbamates (subject to hydrolysis) is 1. The molecule has 0 saturated carbocycles. The number of rotatable bonds is 5. The Kier molecular flexibility index (Phi) is 9.54. The first-order valence-corrected chi connectivity index (χ1v) is 6.80. The third-order valence-corrected chi connectivity index (χ3v) is 2.31. The molecule has 22 heavy (non-hydrogen) atoms. The van der Waals surface area contributed by atoms with Crippen LogP contribution in [0.4, 0.5) is 4.79 Å². The number of ether oxygens (including phenoxy) is 1. The van der Waals surface area contributed by atoms with Gasteiger partial charge in [-0.2, -0.15) is 5.10 Å². The minimum Gasteiger partial charge on any atom is -0.444 e. The number of aromatic amines is 1. The van der Waals surface area contributed by atoms with Crippen molar-refractivity contribution in [2.24, 2.45) is 4.99 Å². The van der Waals surface area contributed by atoms with Gasteiger partial charge in [0.1, 0.15) is 5.60 Å². The van der Waals surface area contributed by atoms with E-state index >= 15 is 0 Å². The van der Waals surface area contributed by atoms with Gasteiger partial charge in [0, 0.05) is 26.3 Å². The second kappa shape index (κ2) is 10.2. The minimum atomic E-state index is -0.487. The molecular formula is C13H25IN6O2. The Morgan fingerprint density at radius 2 is 2.00 bits per heavy atom. The Hall–Kier alpha value is -1.52. The van der Waals surface area contributed by atoms with E-state index in [0.717, 1.165) is 5.69 Å². The summed E-state index contributed by atoms with van der Waals surface area (Å²) >= 11 is 0. The van der Waals surface area contributed by atoms with Gasteiger partial charge in [0.25, 0.3) is 0 Å². The van der Waals surface area contributed by atoms with Gasteiger partial charge in [0.2, 0.25) is 0 Å². The monoisotopic (exact) mass is 424 g/mol. The van der Waals surface area contributed by atoms with E-state index in [1.807, 2.05) is 26.8 Å². The molecule has 0 aliphatic rings. The van der Waals surface area contributed by atoms with Crippen LogP contribution in [-0.2, 0) is 11.3 Å². The molecular weight excluding hydrogens is 399 g/mol.